The van der Waals surface area contributed by atoms with Crippen LogP contribution in [-0.4, -0.2) is 28.7 Å². The first-order valence-corrected chi connectivity index (χ1v) is 8.32. The molecule has 1 aliphatic carbocycles. The van der Waals surface area contributed by atoms with Crippen LogP contribution in [0.2, 0.25) is 0 Å². The summed E-state index contributed by atoms with van der Waals surface area (Å²) in [4.78, 5) is 11.8. The van der Waals surface area contributed by atoms with Gasteiger partial charge in [-0.3, -0.25) is 4.79 Å². The van der Waals surface area contributed by atoms with Gasteiger partial charge in [0.1, 0.15) is 6.11 Å². The minimum Gasteiger partial charge on any atom is -0.507 e. The summed E-state index contributed by atoms with van der Waals surface area (Å²) in [5, 5.41) is 19.7. The summed E-state index contributed by atoms with van der Waals surface area (Å²) < 4.78 is 4.50. The van der Waals surface area contributed by atoms with Crippen LogP contribution in [0.4, 0.5) is 0 Å². The Balaban J connectivity index is 2.20. The van der Waals surface area contributed by atoms with Gasteiger partial charge < -0.3 is 14.9 Å². The number of aliphatic hydroxyl groups excluding tert-OH is 1. The summed E-state index contributed by atoms with van der Waals surface area (Å²) in [7, 11) is 1.34. The summed E-state index contributed by atoms with van der Waals surface area (Å²) in [6.07, 6.45) is 13.5. The van der Waals surface area contributed by atoms with Crippen LogP contribution in [0.1, 0.15) is 71.1 Å². The molecule has 1 aliphatic rings. The van der Waals surface area contributed by atoms with E-state index in [4.69, 9.17) is 0 Å². The van der Waals surface area contributed by atoms with Crippen LogP contribution >= 0.6 is 0 Å². The molecule has 0 radical (unpaired) electrons. The van der Waals surface area contributed by atoms with Gasteiger partial charge in [-0.25, -0.2) is 0 Å². The lowest BCUT2D eigenvalue weighted by Gasteiger charge is -2.31. The maximum absolute atomic E-state index is 11.8. The minimum atomic E-state index is -2.04. The molecule has 2 N–H and O–H groups in total. The number of Topliss-reactive ketones (excluding diaryl/α,β-unsaturated/α-hetero) is 1. The largest absolute Gasteiger partial charge is 0.507 e. The number of hydrogen-bond donors (Lipinski definition) is 2. The Morgan fingerprint density at radius 1 is 1.05 bits per heavy atom. The second kappa shape index (κ2) is 9.53. The van der Waals surface area contributed by atoms with Gasteiger partial charge in [-0.2, -0.15) is 0 Å². The molecule has 22 heavy (non-hydrogen) atoms. The SMILES string of the molecule is CCCCCCCCCCCC1=C(O)C(O)(C#COC)C1=O. The molecule has 0 aromatic carbocycles. The van der Waals surface area contributed by atoms with E-state index in [2.05, 4.69) is 23.7 Å². The zero-order valence-electron chi connectivity index (χ0n) is 13.8. The Morgan fingerprint density at radius 3 is 2.09 bits per heavy atom. The molecule has 0 fully saturated rings. The number of aliphatic hydroxyl groups is 2. The molecular formula is C18H28O4. The van der Waals surface area contributed by atoms with Crippen LogP contribution in [0, 0.1) is 12.0 Å². The highest BCUT2D eigenvalue weighted by atomic mass is 16.5. The van der Waals surface area contributed by atoms with E-state index < -0.39 is 11.4 Å². The highest BCUT2D eigenvalue weighted by Gasteiger charge is 2.52. The number of rotatable bonds is 10. The predicted molar refractivity (Wildman–Crippen MR) is 86.2 cm³/mol. The molecule has 0 aliphatic heterocycles. The van der Waals surface area contributed by atoms with E-state index >= 15 is 0 Å². The van der Waals surface area contributed by atoms with Gasteiger partial charge in [-0.05, 0) is 18.8 Å². The first-order valence-electron chi connectivity index (χ1n) is 8.32. The molecule has 0 bridgehead atoms. The average molecular weight is 308 g/mol. The van der Waals surface area contributed by atoms with Crippen molar-refractivity contribution in [1.29, 1.82) is 0 Å². The van der Waals surface area contributed by atoms with Crippen LogP contribution in [0.15, 0.2) is 11.3 Å². The van der Waals surface area contributed by atoms with Crippen molar-refractivity contribution in [2.75, 3.05) is 7.11 Å². The third kappa shape index (κ3) is 4.78. The molecule has 4 nitrogen and oxygen atoms in total. The standard InChI is InChI=1S/C18H28O4/c1-3-4-5-6-7-8-9-10-11-12-15-16(19)18(21,17(15)20)13-14-22-2/h19,21H,3-12H2,1-2H3. The summed E-state index contributed by atoms with van der Waals surface area (Å²) in [5.41, 5.74) is -1.72. The highest BCUT2D eigenvalue weighted by molar-refractivity contribution is 6.13. The number of ether oxygens (including phenoxy) is 1. The smallest absolute Gasteiger partial charge is 0.250 e. The average Bonchev–Trinajstić information content (AvgIpc) is 2.53. The normalized spacial score (nSPS) is 20.4. The van der Waals surface area contributed by atoms with Crippen molar-refractivity contribution in [3.63, 3.8) is 0 Å². The Kier molecular flexibility index (Phi) is 8.05. The highest BCUT2D eigenvalue weighted by Crippen LogP contribution is 2.35. The van der Waals surface area contributed by atoms with E-state index in [9.17, 15) is 15.0 Å². The molecule has 1 rings (SSSR count). The van der Waals surface area contributed by atoms with Crippen molar-refractivity contribution < 1.29 is 19.7 Å². The summed E-state index contributed by atoms with van der Waals surface area (Å²) in [5.74, 6) is 1.44. The maximum Gasteiger partial charge on any atom is 0.250 e. The third-order valence-corrected chi connectivity index (χ3v) is 4.10. The topological polar surface area (TPSA) is 66.8 Å². The molecule has 0 aromatic heterocycles. The lowest BCUT2D eigenvalue weighted by molar-refractivity contribution is -0.132. The molecule has 0 amide bonds. The summed E-state index contributed by atoms with van der Waals surface area (Å²) in [6, 6.07) is 0. The maximum atomic E-state index is 11.8. The summed E-state index contributed by atoms with van der Waals surface area (Å²) >= 11 is 0. The van der Waals surface area contributed by atoms with E-state index in [-0.39, 0.29) is 5.76 Å². The summed E-state index contributed by atoms with van der Waals surface area (Å²) in [6.45, 7) is 2.22. The van der Waals surface area contributed by atoms with Crippen LogP contribution in [0.5, 0.6) is 0 Å². The fourth-order valence-corrected chi connectivity index (χ4v) is 2.67. The Hall–Kier alpha value is -1.47. The van der Waals surface area contributed by atoms with Crippen molar-refractivity contribution in [2.24, 2.45) is 0 Å². The number of unbranched alkanes of at least 4 members (excludes halogenated alkanes) is 8. The van der Waals surface area contributed by atoms with Crippen LogP contribution in [0.25, 0.3) is 0 Å². The number of methoxy groups -OCH3 is 1. The van der Waals surface area contributed by atoms with Crippen LogP contribution < -0.4 is 0 Å². The van der Waals surface area contributed by atoms with Crippen molar-refractivity contribution >= 4 is 5.78 Å². The number of hydrogen-bond acceptors (Lipinski definition) is 4. The van der Waals surface area contributed by atoms with Gasteiger partial charge in [-0.15, -0.1) is 0 Å². The van der Waals surface area contributed by atoms with E-state index in [1.807, 2.05) is 0 Å². The Bertz CT molecular complexity index is 455. The predicted octanol–water partition coefficient (Wildman–Crippen LogP) is 3.64. The number of carbonyl (C=O) groups excluding carboxylic acids is 1. The molecule has 4 heteroatoms. The fraction of sp³-hybridized carbons (Fsp3) is 0.722. The molecule has 124 valence electrons. The zero-order valence-corrected chi connectivity index (χ0v) is 13.8. The van der Waals surface area contributed by atoms with Crippen LogP contribution in [-0.2, 0) is 9.53 Å². The molecule has 0 saturated carbocycles. The van der Waals surface area contributed by atoms with Crippen molar-refractivity contribution in [3.05, 3.63) is 11.3 Å². The van der Waals surface area contributed by atoms with Gasteiger partial charge in [0, 0.05) is 5.57 Å². The third-order valence-electron chi connectivity index (χ3n) is 4.10. The molecular weight excluding hydrogens is 280 g/mol. The second-order valence-electron chi connectivity index (χ2n) is 5.88. The first kappa shape index (κ1) is 18.6. The minimum absolute atomic E-state index is 0.304. The quantitative estimate of drug-likeness (QED) is 0.477. The first-order chi connectivity index (χ1) is 10.6. The molecule has 0 aromatic rings. The molecule has 0 spiro atoms. The zero-order chi connectivity index (χ0) is 16.4. The van der Waals surface area contributed by atoms with Gasteiger partial charge >= 0.3 is 0 Å². The van der Waals surface area contributed by atoms with Gasteiger partial charge in [0.2, 0.25) is 11.4 Å². The van der Waals surface area contributed by atoms with Gasteiger partial charge in [0.15, 0.2) is 5.76 Å². The Labute approximate surface area is 133 Å². The molecule has 0 saturated heterocycles. The van der Waals surface area contributed by atoms with Gasteiger partial charge in [0.25, 0.3) is 0 Å². The van der Waals surface area contributed by atoms with Gasteiger partial charge in [0.05, 0.1) is 7.11 Å². The van der Waals surface area contributed by atoms with Crippen molar-refractivity contribution in [1.82, 2.24) is 0 Å². The fourth-order valence-electron chi connectivity index (χ4n) is 2.67. The number of carbonyl (C=O) groups is 1. The lowest BCUT2D eigenvalue weighted by Crippen LogP contribution is -2.50. The molecule has 0 heterocycles. The molecule has 1 unspecified atom stereocenters. The monoisotopic (exact) mass is 308 g/mol. The van der Waals surface area contributed by atoms with Crippen LogP contribution in [0.3, 0.4) is 0 Å². The van der Waals surface area contributed by atoms with E-state index in [0.717, 1.165) is 19.3 Å². The lowest BCUT2D eigenvalue weighted by atomic mass is 9.76. The number of ketones is 1. The van der Waals surface area contributed by atoms with E-state index in [1.54, 1.807) is 0 Å². The second-order valence-corrected chi connectivity index (χ2v) is 5.88. The molecule has 1 atom stereocenters. The van der Waals surface area contributed by atoms with E-state index in [0.29, 0.717) is 12.0 Å². The van der Waals surface area contributed by atoms with Gasteiger partial charge in [-0.1, -0.05) is 58.3 Å². The Morgan fingerprint density at radius 2 is 1.59 bits per heavy atom. The van der Waals surface area contributed by atoms with Crippen molar-refractivity contribution in [2.45, 2.75) is 76.7 Å². The van der Waals surface area contributed by atoms with Crippen molar-refractivity contribution in [3.8, 4) is 12.0 Å². The van der Waals surface area contributed by atoms with E-state index in [1.165, 1.54) is 45.6 Å².